The van der Waals surface area contributed by atoms with Crippen molar-refractivity contribution >= 4 is 40.8 Å². The molecule has 1 aromatic heterocycles. The summed E-state index contributed by atoms with van der Waals surface area (Å²) in [6.07, 6.45) is 1.96. The molecule has 0 aliphatic carbocycles. The molecule has 3 rings (SSSR count). The molecule has 1 heterocycles. The Morgan fingerprint density at radius 3 is 2.24 bits per heavy atom. The molecule has 0 saturated heterocycles. The van der Waals surface area contributed by atoms with Crippen LogP contribution < -0.4 is 0 Å². The first-order chi connectivity index (χ1) is 13.8. The number of carbonyl (C=O) groups is 1. The molecule has 0 atom stereocenters. The summed E-state index contributed by atoms with van der Waals surface area (Å²) in [4.78, 5) is 11.6. The predicted octanol–water partition coefficient (Wildman–Crippen LogP) is 7.08. The van der Waals surface area contributed by atoms with Crippen LogP contribution in [-0.2, 0) is 0 Å². The van der Waals surface area contributed by atoms with Crippen LogP contribution >= 0.6 is 23.2 Å². The number of benzene rings is 2. The number of halogens is 2. The molecule has 6 heteroatoms. The van der Waals surface area contributed by atoms with Crippen LogP contribution in [0.4, 0.5) is 0 Å². The first kappa shape index (κ1) is 22.7. The van der Waals surface area contributed by atoms with Crippen molar-refractivity contribution in [3.63, 3.8) is 0 Å². The Bertz CT molecular complexity index is 1050. The minimum atomic E-state index is -1.07. The lowest BCUT2D eigenvalue weighted by Gasteiger charge is -2.11. The molecular weight excluding hydrogens is 407 g/mol. The molecule has 3 aromatic rings. The highest BCUT2D eigenvalue weighted by molar-refractivity contribution is 6.32. The van der Waals surface area contributed by atoms with Crippen LogP contribution in [0, 0.1) is 13.8 Å². The molecule has 4 nitrogen and oxygen atoms in total. The smallest absolute Gasteiger partial charge is 0.356 e. The van der Waals surface area contributed by atoms with E-state index in [1.165, 1.54) is 0 Å². The SMILES string of the molecule is C/C(=C\c1ccc(Cl)cc1)c1c(C)c(C(=O)O)nn1-c1ccc(C)cc1Cl.CC. The highest BCUT2D eigenvalue weighted by Crippen LogP contribution is 2.30. The van der Waals surface area contributed by atoms with Crippen molar-refractivity contribution in [1.29, 1.82) is 0 Å². The summed E-state index contributed by atoms with van der Waals surface area (Å²) >= 11 is 12.4. The van der Waals surface area contributed by atoms with Crippen LogP contribution in [0.2, 0.25) is 10.0 Å². The number of aryl methyl sites for hydroxylation is 1. The first-order valence-corrected chi connectivity index (χ1v) is 10.1. The van der Waals surface area contributed by atoms with Gasteiger partial charge in [-0.3, -0.25) is 0 Å². The molecule has 0 radical (unpaired) electrons. The molecule has 0 amide bonds. The maximum Gasteiger partial charge on any atom is 0.356 e. The Hall–Kier alpha value is -2.56. The van der Waals surface area contributed by atoms with Crippen LogP contribution in [0.25, 0.3) is 17.3 Å². The number of carboxylic acids is 1. The molecule has 152 valence electrons. The number of carboxylic acid groups (broad SMARTS) is 1. The number of nitrogens with zero attached hydrogens (tertiary/aromatic N) is 2. The van der Waals surface area contributed by atoms with E-state index >= 15 is 0 Å². The van der Waals surface area contributed by atoms with Gasteiger partial charge in [-0.1, -0.05) is 55.2 Å². The van der Waals surface area contributed by atoms with Crippen LogP contribution in [0.5, 0.6) is 0 Å². The fraction of sp³-hybridized carbons (Fsp3) is 0.217. The molecule has 0 saturated carbocycles. The van der Waals surface area contributed by atoms with Gasteiger partial charge in [-0.05, 0) is 67.8 Å². The van der Waals surface area contributed by atoms with Crippen molar-refractivity contribution in [3.8, 4) is 5.69 Å². The summed E-state index contributed by atoms with van der Waals surface area (Å²) in [5.41, 5.74) is 4.76. The zero-order chi connectivity index (χ0) is 21.7. The Balaban J connectivity index is 0.00000145. The van der Waals surface area contributed by atoms with E-state index in [1.807, 2.05) is 76.2 Å². The predicted molar refractivity (Wildman–Crippen MR) is 121 cm³/mol. The van der Waals surface area contributed by atoms with Gasteiger partial charge in [-0.25, -0.2) is 9.48 Å². The molecule has 1 N–H and O–H groups in total. The van der Waals surface area contributed by atoms with E-state index in [1.54, 1.807) is 11.6 Å². The fourth-order valence-corrected chi connectivity index (χ4v) is 3.44. The molecule has 0 aliphatic rings. The van der Waals surface area contributed by atoms with Gasteiger partial charge < -0.3 is 5.11 Å². The maximum absolute atomic E-state index is 11.6. The third-order valence-corrected chi connectivity index (χ3v) is 4.84. The number of hydrogen-bond acceptors (Lipinski definition) is 2. The van der Waals surface area contributed by atoms with Crippen molar-refractivity contribution in [1.82, 2.24) is 9.78 Å². The fourth-order valence-electron chi connectivity index (χ4n) is 3.00. The summed E-state index contributed by atoms with van der Waals surface area (Å²) < 4.78 is 1.60. The Morgan fingerprint density at radius 2 is 1.69 bits per heavy atom. The topological polar surface area (TPSA) is 55.1 Å². The van der Waals surface area contributed by atoms with Crippen LogP contribution in [0.3, 0.4) is 0 Å². The number of rotatable bonds is 4. The third-order valence-electron chi connectivity index (χ3n) is 4.28. The lowest BCUT2D eigenvalue weighted by Crippen LogP contribution is -2.04. The van der Waals surface area contributed by atoms with Gasteiger partial charge in [-0.2, -0.15) is 5.10 Å². The zero-order valence-corrected chi connectivity index (χ0v) is 18.6. The van der Waals surface area contributed by atoms with Crippen molar-refractivity contribution in [2.45, 2.75) is 34.6 Å². The summed E-state index contributed by atoms with van der Waals surface area (Å²) in [7, 11) is 0. The molecule has 0 spiro atoms. The second-order valence-electron chi connectivity index (χ2n) is 6.37. The quantitative estimate of drug-likeness (QED) is 0.480. The highest BCUT2D eigenvalue weighted by atomic mass is 35.5. The first-order valence-electron chi connectivity index (χ1n) is 9.31. The van der Waals surface area contributed by atoms with Crippen LogP contribution in [0.15, 0.2) is 42.5 Å². The number of aromatic carboxylic acids is 1. The van der Waals surface area contributed by atoms with Gasteiger partial charge in [0.25, 0.3) is 0 Å². The van der Waals surface area contributed by atoms with Gasteiger partial charge in [0.15, 0.2) is 5.69 Å². The van der Waals surface area contributed by atoms with Gasteiger partial charge >= 0.3 is 5.97 Å². The lowest BCUT2D eigenvalue weighted by molar-refractivity contribution is 0.0689. The molecule has 0 fully saturated rings. The van der Waals surface area contributed by atoms with E-state index < -0.39 is 5.97 Å². The van der Waals surface area contributed by atoms with Crippen LogP contribution in [0.1, 0.15) is 53.6 Å². The van der Waals surface area contributed by atoms with Gasteiger partial charge in [-0.15, -0.1) is 0 Å². The minimum Gasteiger partial charge on any atom is -0.476 e. The standard InChI is InChI=1S/C21H18Cl2N2O2.C2H6/c1-12-4-9-18(17(23)10-12)25-20(14(3)19(24-25)21(26)27)13(2)11-15-5-7-16(22)8-6-15;1-2/h4-11H,1-3H3,(H,26,27);1-2H3/b13-11+;. The molecule has 0 aliphatic heterocycles. The van der Waals surface area contributed by atoms with Gasteiger partial charge in [0.05, 0.1) is 16.4 Å². The zero-order valence-electron chi connectivity index (χ0n) is 17.1. The summed E-state index contributed by atoms with van der Waals surface area (Å²) in [6.45, 7) is 9.62. The van der Waals surface area contributed by atoms with Crippen LogP contribution in [-0.4, -0.2) is 20.9 Å². The second-order valence-corrected chi connectivity index (χ2v) is 7.22. The molecule has 2 aromatic carbocycles. The average Bonchev–Trinajstić information content (AvgIpc) is 3.02. The monoisotopic (exact) mass is 430 g/mol. The average molecular weight is 431 g/mol. The molecular formula is C23H24Cl2N2O2. The van der Waals surface area contributed by atoms with E-state index in [9.17, 15) is 9.90 Å². The number of allylic oxidation sites excluding steroid dienone is 1. The third kappa shape index (κ3) is 5.08. The second kappa shape index (κ2) is 9.77. The number of hydrogen-bond donors (Lipinski definition) is 1. The highest BCUT2D eigenvalue weighted by Gasteiger charge is 2.22. The molecule has 0 bridgehead atoms. The van der Waals surface area contributed by atoms with Crippen molar-refractivity contribution in [3.05, 3.63) is 80.6 Å². The number of aromatic nitrogens is 2. The van der Waals surface area contributed by atoms with Crippen molar-refractivity contribution in [2.75, 3.05) is 0 Å². The van der Waals surface area contributed by atoms with E-state index in [0.29, 0.717) is 27.0 Å². The van der Waals surface area contributed by atoms with Gasteiger partial charge in [0.2, 0.25) is 0 Å². The minimum absolute atomic E-state index is 0.00509. The van der Waals surface area contributed by atoms with Crippen molar-refractivity contribution in [2.24, 2.45) is 0 Å². The Kier molecular flexibility index (Phi) is 7.66. The molecule has 0 unspecified atom stereocenters. The maximum atomic E-state index is 11.6. The van der Waals surface area contributed by atoms with E-state index in [0.717, 1.165) is 16.7 Å². The van der Waals surface area contributed by atoms with E-state index in [4.69, 9.17) is 23.2 Å². The van der Waals surface area contributed by atoms with Crippen molar-refractivity contribution < 1.29 is 9.90 Å². The summed E-state index contributed by atoms with van der Waals surface area (Å²) in [5.74, 6) is -1.07. The Labute approximate surface area is 181 Å². The summed E-state index contributed by atoms with van der Waals surface area (Å²) in [5, 5.41) is 15.0. The van der Waals surface area contributed by atoms with E-state index in [-0.39, 0.29) is 5.69 Å². The molecule has 29 heavy (non-hydrogen) atoms. The van der Waals surface area contributed by atoms with Gasteiger partial charge in [0.1, 0.15) is 0 Å². The Morgan fingerprint density at radius 1 is 1.07 bits per heavy atom. The summed E-state index contributed by atoms with van der Waals surface area (Å²) in [6, 6.07) is 13.0. The van der Waals surface area contributed by atoms with E-state index in [2.05, 4.69) is 5.10 Å². The largest absolute Gasteiger partial charge is 0.476 e. The lowest BCUT2D eigenvalue weighted by atomic mass is 10.0. The normalized spacial score (nSPS) is 11.1. The van der Waals surface area contributed by atoms with Gasteiger partial charge in [0, 0.05) is 10.6 Å².